The van der Waals surface area contributed by atoms with Crippen LogP contribution in [-0.4, -0.2) is 81.0 Å². The van der Waals surface area contributed by atoms with Crippen LogP contribution in [0.4, 0.5) is 5.82 Å². The van der Waals surface area contributed by atoms with Gasteiger partial charge in [0.05, 0.1) is 13.2 Å². The van der Waals surface area contributed by atoms with Crippen LogP contribution in [0.5, 0.6) is 0 Å². The Morgan fingerprint density at radius 2 is 1.73 bits per heavy atom. The van der Waals surface area contributed by atoms with Crippen molar-refractivity contribution >= 4 is 21.7 Å². The summed E-state index contributed by atoms with van der Waals surface area (Å²) < 4.78 is 32.2. The first-order valence-electron chi connectivity index (χ1n) is 11.5. The highest BCUT2D eigenvalue weighted by molar-refractivity contribution is 7.89. The van der Waals surface area contributed by atoms with E-state index in [1.54, 1.807) is 12.1 Å². The van der Waals surface area contributed by atoms with Crippen molar-refractivity contribution in [1.29, 1.82) is 0 Å². The zero-order chi connectivity index (χ0) is 23.4. The van der Waals surface area contributed by atoms with Crippen LogP contribution in [0.2, 0.25) is 0 Å². The summed E-state index contributed by atoms with van der Waals surface area (Å²) in [6, 6.07) is 9.74. The lowest BCUT2D eigenvalue weighted by Gasteiger charge is -2.35. The average molecular weight is 473 g/mol. The number of hydrogen-bond donors (Lipinski definition) is 0. The average Bonchev–Trinajstić information content (AvgIpc) is 2.84. The fraction of sp³-hybridized carbons (Fsp3) is 0.500. The van der Waals surface area contributed by atoms with Crippen LogP contribution in [0.25, 0.3) is 0 Å². The van der Waals surface area contributed by atoms with Gasteiger partial charge in [-0.15, -0.1) is 0 Å². The summed E-state index contributed by atoms with van der Waals surface area (Å²) in [6.45, 7) is 8.37. The number of nitrogens with zero attached hydrogens (tertiary/aromatic N) is 4. The molecular weight excluding hydrogens is 440 g/mol. The molecule has 2 aromatic rings. The number of carbonyl (C=O) groups is 1. The Bertz CT molecular complexity index is 1070. The van der Waals surface area contributed by atoms with Crippen molar-refractivity contribution in [3.8, 4) is 0 Å². The summed E-state index contributed by atoms with van der Waals surface area (Å²) in [7, 11) is -3.54. The third-order valence-electron chi connectivity index (χ3n) is 6.39. The van der Waals surface area contributed by atoms with Gasteiger partial charge in [-0.1, -0.05) is 23.8 Å². The summed E-state index contributed by atoms with van der Waals surface area (Å²) in [5.74, 6) is 0.910. The van der Waals surface area contributed by atoms with E-state index >= 15 is 0 Å². The molecule has 4 rings (SSSR count). The van der Waals surface area contributed by atoms with Crippen molar-refractivity contribution in [2.75, 3.05) is 57.4 Å². The largest absolute Gasteiger partial charge is 0.379 e. The molecule has 178 valence electrons. The lowest BCUT2D eigenvalue weighted by molar-refractivity contribution is -0.131. The Balaban J connectivity index is 1.30. The number of sulfonamides is 1. The minimum Gasteiger partial charge on any atom is -0.379 e. The van der Waals surface area contributed by atoms with Crippen LogP contribution in [-0.2, 0) is 26.0 Å². The second-order valence-corrected chi connectivity index (χ2v) is 10.6. The van der Waals surface area contributed by atoms with E-state index in [4.69, 9.17) is 4.74 Å². The smallest absolute Gasteiger partial charge is 0.244 e. The van der Waals surface area contributed by atoms with Gasteiger partial charge in [-0.2, -0.15) is 4.31 Å². The van der Waals surface area contributed by atoms with Crippen LogP contribution in [0.15, 0.2) is 41.4 Å². The minimum absolute atomic E-state index is 0.175. The molecule has 0 atom stereocenters. The first-order chi connectivity index (χ1) is 15.8. The summed E-state index contributed by atoms with van der Waals surface area (Å²) in [4.78, 5) is 21.3. The van der Waals surface area contributed by atoms with Crippen molar-refractivity contribution in [2.24, 2.45) is 0 Å². The molecule has 2 aliphatic heterocycles. The van der Waals surface area contributed by atoms with E-state index in [0.717, 1.165) is 12.2 Å². The number of amides is 1. The fourth-order valence-electron chi connectivity index (χ4n) is 4.36. The first kappa shape index (κ1) is 23.7. The highest BCUT2D eigenvalue weighted by atomic mass is 32.2. The van der Waals surface area contributed by atoms with E-state index < -0.39 is 10.0 Å². The molecule has 33 heavy (non-hydrogen) atoms. The van der Waals surface area contributed by atoms with Gasteiger partial charge >= 0.3 is 0 Å². The summed E-state index contributed by atoms with van der Waals surface area (Å²) >= 11 is 0. The molecule has 8 nitrogen and oxygen atoms in total. The van der Waals surface area contributed by atoms with Crippen LogP contribution in [0.3, 0.4) is 0 Å². The zero-order valence-corrected chi connectivity index (χ0v) is 20.2. The molecule has 9 heteroatoms. The molecule has 0 N–H and O–H groups in total. The fourth-order valence-corrected chi connectivity index (χ4v) is 5.71. The second-order valence-electron chi connectivity index (χ2n) is 8.67. The van der Waals surface area contributed by atoms with Crippen molar-refractivity contribution in [2.45, 2.75) is 31.6 Å². The van der Waals surface area contributed by atoms with Crippen molar-refractivity contribution in [3.05, 3.63) is 53.2 Å². The zero-order valence-electron chi connectivity index (χ0n) is 19.4. The SMILES string of the molecule is Cc1ccc(CCC(=O)N2CCN(c3ccc(S(=O)(=O)N4CCOCC4)cn3)CC2)c(C)c1. The number of benzene rings is 1. The van der Waals surface area contributed by atoms with Crippen LogP contribution < -0.4 is 4.90 Å². The monoisotopic (exact) mass is 472 g/mol. The maximum Gasteiger partial charge on any atom is 0.244 e. The molecule has 1 aromatic heterocycles. The number of morpholine rings is 1. The summed E-state index contributed by atoms with van der Waals surface area (Å²) in [6.07, 6.45) is 2.70. The Labute approximate surface area is 196 Å². The van der Waals surface area contributed by atoms with Gasteiger partial charge in [-0.25, -0.2) is 13.4 Å². The van der Waals surface area contributed by atoms with Crippen LogP contribution >= 0.6 is 0 Å². The quantitative estimate of drug-likeness (QED) is 0.640. The van der Waals surface area contributed by atoms with Crippen LogP contribution in [0.1, 0.15) is 23.1 Å². The highest BCUT2D eigenvalue weighted by Crippen LogP contribution is 2.20. The maximum absolute atomic E-state index is 12.8. The van der Waals surface area contributed by atoms with Crippen molar-refractivity contribution < 1.29 is 17.9 Å². The maximum atomic E-state index is 12.8. The molecule has 1 amide bonds. The van der Waals surface area contributed by atoms with E-state index in [-0.39, 0.29) is 10.8 Å². The molecule has 0 radical (unpaired) electrons. The van der Waals surface area contributed by atoms with Crippen molar-refractivity contribution in [3.63, 3.8) is 0 Å². The molecular formula is C24H32N4O4S. The van der Waals surface area contributed by atoms with Gasteiger partial charge in [-0.05, 0) is 43.5 Å². The van der Waals surface area contributed by atoms with Crippen LogP contribution in [0, 0.1) is 13.8 Å². The Hall–Kier alpha value is -2.49. The Kier molecular flexibility index (Phi) is 7.31. The summed E-state index contributed by atoms with van der Waals surface area (Å²) in [5.41, 5.74) is 3.70. The lowest BCUT2D eigenvalue weighted by Crippen LogP contribution is -2.49. The standard InChI is InChI=1S/C24H32N4O4S/c1-19-3-4-21(20(2)17-19)5-8-24(29)27-11-9-26(10-12-27)23-7-6-22(18-25-23)33(30,31)28-13-15-32-16-14-28/h3-4,6-7,17-18H,5,8-16H2,1-2H3. The molecule has 2 saturated heterocycles. The molecule has 0 bridgehead atoms. The molecule has 3 heterocycles. The number of rotatable bonds is 6. The number of pyridine rings is 1. The number of anilines is 1. The van der Waals surface area contributed by atoms with Gasteiger partial charge in [0.15, 0.2) is 0 Å². The number of ether oxygens (including phenoxy) is 1. The highest BCUT2D eigenvalue weighted by Gasteiger charge is 2.27. The molecule has 1 aromatic carbocycles. The van der Waals surface area contributed by atoms with E-state index in [1.807, 2.05) is 4.90 Å². The lowest BCUT2D eigenvalue weighted by atomic mass is 10.0. The van der Waals surface area contributed by atoms with Gasteiger partial charge in [0, 0.05) is 51.9 Å². The minimum atomic E-state index is -3.54. The van der Waals surface area contributed by atoms with E-state index in [0.29, 0.717) is 58.9 Å². The molecule has 0 spiro atoms. The third kappa shape index (κ3) is 5.54. The molecule has 2 aliphatic rings. The van der Waals surface area contributed by atoms with E-state index in [1.165, 1.54) is 27.2 Å². The van der Waals surface area contributed by atoms with Gasteiger partial charge in [0.2, 0.25) is 15.9 Å². The Morgan fingerprint density at radius 3 is 2.36 bits per heavy atom. The first-order valence-corrected chi connectivity index (χ1v) is 12.9. The summed E-state index contributed by atoms with van der Waals surface area (Å²) in [5, 5.41) is 0. The number of hydrogen-bond acceptors (Lipinski definition) is 6. The molecule has 0 unspecified atom stereocenters. The van der Waals surface area contributed by atoms with Gasteiger partial charge in [0.25, 0.3) is 0 Å². The second kappa shape index (κ2) is 10.2. The van der Waals surface area contributed by atoms with Gasteiger partial charge in [-0.3, -0.25) is 4.79 Å². The Morgan fingerprint density at radius 1 is 1.00 bits per heavy atom. The predicted molar refractivity (Wildman–Crippen MR) is 127 cm³/mol. The topological polar surface area (TPSA) is 83.1 Å². The van der Waals surface area contributed by atoms with Crippen molar-refractivity contribution in [1.82, 2.24) is 14.2 Å². The number of piperazine rings is 1. The predicted octanol–water partition coefficient (Wildman–Crippen LogP) is 2.00. The normalized spacial score (nSPS) is 17.9. The molecule has 2 fully saturated rings. The van der Waals surface area contributed by atoms with Gasteiger partial charge in [0.1, 0.15) is 10.7 Å². The number of aromatic nitrogens is 1. The number of aryl methyl sites for hydroxylation is 3. The number of carbonyl (C=O) groups excluding carboxylic acids is 1. The van der Waals surface area contributed by atoms with Gasteiger partial charge < -0.3 is 14.5 Å². The van der Waals surface area contributed by atoms with E-state index in [2.05, 4.69) is 41.9 Å². The molecule has 0 saturated carbocycles. The van der Waals surface area contributed by atoms with E-state index in [9.17, 15) is 13.2 Å². The molecule has 0 aliphatic carbocycles. The third-order valence-corrected chi connectivity index (χ3v) is 8.27.